The van der Waals surface area contributed by atoms with Crippen LogP contribution in [0.4, 0.5) is 11.8 Å². The minimum atomic E-state index is -0.227. The second kappa shape index (κ2) is 8.65. The van der Waals surface area contributed by atoms with Crippen molar-refractivity contribution in [3.05, 3.63) is 46.6 Å². The van der Waals surface area contributed by atoms with Crippen LogP contribution in [0.1, 0.15) is 36.8 Å². The zero-order chi connectivity index (χ0) is 18.4. The highest BCUT2D eigenvalue weighted by atomic mass is 35.5. The van der Waals surface area contributed by atoms with Crippen molar-refractivity contribution in [1.82, 2.24) is 9.97 Å². The van der Waals surface area contributed by atoms with Crippen LogP contribution < -0.4 is 10.6 Å². The Morgan fingerprint density at radius 1 is 1.15 bits per heavy atom. The largest absolute Gasteiger partial charge is 0.393 e. The van der Waals surface area contributed by atoms with Crippen LogP contribution in [-0.4, -0.2) is 33.6 Å². The summed E-state index contributed by atoms with van der Waals surface area (Å²) in [4.78, 5) is 19.1. The maximum Gasteiger partial charge on any atom is 0.231 e. The lowest BCUT2D eigenvalue weighted by Crippen LogP contribution is -2.29. The maximum atomic E-state index is 10.7. The van der Waals surface area contributed by atoms with Gasteiger partial charge in [0, 0.05) is 16.6 Å². The lowest BCUT2D eigenvalue weighted by atomic mass is 9.93. The molecule has 1 fully saturated rings. The van der Waals surface area contributed by atoms with E-state index >= 15 is 0 Å². The van der Waals surface area contributed by atoms with Gasteiger partial charge in [0.05, 0.1) is 17.9 Å². The van der Waals surface area contributed by atoms with Crippen LogP contribution >= 0.6 is 11.6 Å². The highest BCUT2D eigenvalue weighted by molar-refractivity contribution is 6.30. The van der Waals surface area contributed by atoms with Gasteiger partial charge in [0.25, 0.3) is 0 Å². The first kappa shape index (κ1) is 18.2. The minimum absolute atomic E-state index is 0.202. The molecule has 3 N–H and O–H groups in total. The Morgan fingerprint density at radius 3 is 2.58 bits per heavy atom. The molecule has 2 aromatic rings. The minimum Gasteiger partial charge on any atom is -0.393 e. The summed E-state index contributed by atoms with van der Waals surface area (Å²) in [5, 5.41) is 16.1. The van der Waals surface area contributed by atoms with Crippen molar-refractivity contribution in [1.29, 1.82) is 0 Å². The van der Waals surface area contributed by atoms with Gasteiger partial charge in [-0.25, -0.2) is 4.98 Å². The van der Waals surface area contributed by atoms with Gasteiger partial charge in [-0.1, -0.05) is 23.4 Å². The van der Waals surface area contributed by atoms with Crippen LogP contribution in [-0.2, 0) is 4.79 Å². The number of anilines is 2. The van der Waals surface area contributed by atoms with Crippen molar-refractivity contribution in [3.8, 4) is 11.8 Å². The maximum absolute atomic E-state index is 10.7. The van der Waals surface area contributed by atoms with Crippen LogP contribution in [0.25, 0.3) is 0 Å². The predicted octanol–water partition coefficient (Wildman–Crippen LogP) is 2.81. The molecule has 6 nitrogen and oxygen atoms in total. The summed E-state index contributed by atoms with van der Waals surface area (Å²) in [6.07, 6.45) is 5.12. The molecule has 0 atom stereocenters. The number of nitrogens with zero attached hydrogens (tertiary/aromatic N) is 2. The van der Waals surface area contributed by atoms with E-state index in [0.29, 0.717) is 22.8 Å². The molecule has 0 unspecified atom stereocenters. The second-order valence-electron chi connectivity index (χ2n) is 6.12. The third kappa shape index (κ3) is 4.94. The quantitative estimate of drug-likeness (QED) is 0.569. The number of halogens is 1. The third-order valence-electron chi connectivity index (χ3n) is 4.20. The van der Waals surface area contributed by atoms with Gasteiger partial charge in [-0.2, -0.15) is 4.98 Å². The average Bonchev–Trinajstić information content (AvgIpc) is 2.65. The van der Waals surface area contributed by atoms with E-state index in [1.165, 1.54) is 0 Å². The van der Waals surface area contributed by atoms with Gasteiger partial charge in [-0.15, -0.1) is 0 Å². The zero-order valence-electron chi connectivity index (χ0n) is 14.1. The second-order valence-corrected chi connectivity index (χ2v) is 6.56. The lowest BCUT2D eigenvalue weighted by molar-refractivity contribution is -0.105. The van der Waals surface area contributed by atoms with E-state index in [1.807, 2.05) is 12.1 Å². The Bertz CT molecular complexity index is 822. The van der Waals surface area contributed by atoms with E-state index in [1.54, 1.807) is 18.3 Å². The smallest absolute Gasteiger partial charge is 0.231 e. The highest BCUT2D eigenvalue weighted by Gasteiger charge is 2.20. The number of aliphatic hydroxyl groups is 1. The van der Waals surface area contributed by atoms with Gasteiger partial charge in [-0.05, 0) is 49.9 Å². The Hall–Kier alpha value is -2.62. The predicted molar refractivity (Wildman–Crippen MR) is 101 cm³/mol. The highest BCUT2D eigenvalue weighted by Crippen LogP contribution is 2.23. The zero-order valence-corrected chi connectivity index (χ0v) is 14.8. The number of aliphatic hydroxyl groups excluding tert-OH is 1. The van der Waals surface area contributed by atoms with Crippen molar-refractivity contribution in [2.24, 2.45) is 0 Å². The Morgan fingerprint density at radius 2 is 1.88 bits per heavy atom. The average molecular weight is 371 g/mol. The standard InChI is InChI=1S/C19H19ClN4O2/c20-15-5-2-13(3-6-15)1-4-14-11-21-19(22-12-25)24-18(14)23-16-7-9-17(26)10-8-16/h2-3,5-6,11-12,16-17,26H,7-10H2,(H2,21,22,23,24,25). The molecule has 1 aliphatic carbocycles. The molecule has 1 heterocycles. The Kier molecular flexibility index (Phi) is 6.05. The fraction of sp³-hybridized carbons (Fsp3) is 0.316. The monoisotopic (exact) mass is 370 g/mol. The molecule has 0 aliphatic heterocycles. The fourth-order valence-electron chi connectivity index (χ4n) is 2.79. The molecule has 1 aromatic heterocycles. The lowest BCUT2D eigenvalue weighted by Gasteiger charge is -2.27. The van der Waals surface area contributed by atoms with Gasteiger partial charge < -0.3 is 10.4 Å². The van der Waals surface area contributed by atoms with Gasteiger partial charge in [0.2, 0.25) is 12.4 Å². The van der Waals surface area contributed by atoms with Crippen LogP contribution in [0.5, 0.6) is 0 Å². The first-order valence-electron chi connectivity index (χ1n) is 8.43. The van der Waals surface area contributed by atoms with Gasteiger partial charge >= 0.3 is 0 Å². The molecule has 0 spiro atoms. The van der Waals surface area contributed by atoms with Crippen molar-refractivity contribution in [2.75, 3.05) is 10.6 Å². The van der Waals surface area contributed by atoms with E-state index in [4.69, 9.17) is 11.6 Å². The number of aromatic nitrogens is 2. The number of amides is 1. The molecule has 1 aliphatic rings. The van der Waals surface area contributed by atoms with Crippen molar-refractivity contribution in [2.45, 2.75) is 37.8 Å². The summed E-state index contributed by atoms with van der Waals surface area (Å²) in [5.41, 5.74) is 1.47. The van der Waals surface area contributed by atoms with Gasteiger partial charge in [-0.3, -0.25) is 10.1 Å². The van der Waals surface area contributed by atoms with E-state index < -0.39 is 0 Å². The summed E-state index contributed by atoms with van der Waals surface area (Å²) < 4.78 is 0. The summed E-state index contributed by atoms with van der Waals surface area (Å²) in [5.74, 6) is 6.93. The summed E-state index contributed by atoms with van der Waals surface area (Å²) in [6.45, 7) is 0. The molecule has 0 radical (unpaired) electrons. The van der Waals surface area contributed by atoms with Crippen LogP contribution in [0.15, 0.2) is 30.5 Å². The van der Waals surface area contributed by atoms with Gasteiger partial charge in [0.1, 0.15) is 5.82 Å². The molecule has 134 valence electrons. The molecule has 3 rings (SSSR count). The molecular weight excluding hydrogens is 352 g/mol. The number of rotatable bonds is 4. The van der Waals surface area contributed by atoms with E-state index in [0.717, 1.165) is 31.2 Å². The molecule has 1 aromatic carbocycles. The topological polar surface area (TPSA) is 87.1 Å². The molecule has 26 heavy (non-hydrogen) atoms. The number of nitrogens with one attached hydrogen (secondary N) is 2. The van der Waals surface area contributed by atoms with E-state index in [9.17, 15) is 9.90 Å². The molecule has 1 saturated carbocycles. The number of carbonyl (C=O) groups excluding carboxylic acids is 1. The van der Waals surface area contributed by atoms with Crippen LogP contribution in [0.3, 0.4) is 0 Å². The van der Waals surface area contributed by atoms with E-state index in [-0.39, 0.29) is 18.1 Å². The van der Waals surface area contributed by atoms with Crippen LogP contribution in [0.2, 0.25) is 5.02 Å². The molecule has 1 amide bonds. The molecule has 7 heteroatoms. The van der Waals surface area contributed by atoms with Crippen molar-refractivity contribution < 1.29 is 9.90 Å². The summed E-state index contributed by atoms with van der Waals surface area (Å²) in [6, 6.07) is 7.45. The first-order chi connectivity index (χ1) is 12.6. The SMILES string of the molecule is O=CNc1ncc(C#Cc2ccc(Cl)cc2)c(NC2CCC(O)CC2)n1. The molecule has 0 saturated heterocycles. The molecule has 0 bridgehead atoms. The fourth-order valence-corrected chi connectivity index (χ4v) is 2.92. The first-order valence-corrected chi connectivity index (χ1v) is 8.81. The number of hydrogen-bond acceptors (Lipinski definition) is 5. The van der Waals surface area contributed by atoms with Crippen molar-refractivity contribution >= 4 is 29.8 Å². The van der Waals surface area contributed by atoms with E-state index in [2.05, 4.69) is 32.4 Å². The summed E-state index contributed by atoms with van der Waals surface area (Å²) >= 11 is 5.89. The number of carbonyl (C=O) groups is 1. The number of benzene rings is 1. The normalized spacial score (nSPS) is 19.2. The molecular formula is C19H19ClN4O2. The Labute approximate surface area is 157 Å². The number of hydrogen-bond donors (Lipinski definition) is 3. The van der Waals surface area contributed by atoms with Gasteiger partial charge in [0.15, 0.2) is 0 Å². The third-order valence-corrected chi connectivity index (χ3v) is 4.45. The summed E-state index contributed by atoms with van der Waals surface area (Å²) in [7, 11) is 0. The van der Waals surface area contributed by atoms with Crippen molar-refractivity contribution in [3.63, 3.8) is 0 Å². The van der Waals surface area contributed by atoms with Crippen LogP contribution in [0, 0.1) is 11.8 Å². The Balaban J connectivity index is 1.83.